The molecule has 0 heterocycles. The summed E-state index contributed by atoms with van der Waals surface area (Å²) in [6.45, 7) is 13.9. The number of rotatable bonds is 3. The first-order valence-corrected chi connectivity index (χ1v) is 24.7. The molecule has 0 amide bonds. The topological polar surface area (TPSA) is 0 Å². The molecule has 0 atom stereocenters. The second-order valence-corrected chi connectivity index (χ2v) is 22.8. The molecule has 0 N–H and O–H groups in total. The van der Waals surface area contributed by atoms with Crippen LogP contribution < -0.4 is 0 Å². The second kappa shape index (κ2) is 16.3. The first-order valence-electron chi connectivity index (χ1n) is 16.6. The van der Waals surface area contributed by atoms with E-state index in [1.54, 1.807) is 0 Å². The molecule has 7 aromatic carbocycles. The number of hydrogen-bond donors (Lipinski definition) is 0. The van der Waals surface area contributed by atoms with Crippen molar-refractivity contribution >= 4 is 53.9 Å². The molecule has 7 aromatic rings. The van der Waals surface area contributed by atoms with Gasteiger partial charge in [0.25, 0.3) is 0 Å². The Morgan fingerprint density at radius 1 is 0.551 bits per heavy atom. The van der Waals surface area contributed by atoms with Gasteiger partial charge in [0.1, 0.15) is 0 Å². The van der Waals surface area contributed by atoms with Gasteiger partial charge in [-0.1, -0.05) is 114 Å². The Bertz CT molecular complexity index is 1990. The van der Waals surface area contributed by atoms with Crippen molar-refractivity contribution < 1.29 is 18.9 Å². The van der Waals surface area contributed by atoms with Crippen LogP contribution in [-0.2, 0) is 29.7 Å². The van der Waals surface area contributed by atoms with E-state index in [0.717, 1.165) is 10.6 Å². The average Bonchev–Trinajstić information content (AvgIpc) is 3.77. The summed E-state index contributed by atoms with van der Waals surface area (Å²) >= 11 is 3.56. The molecule has 0 radical (unpaired) electrons. The van der Waals surface area contributed by atoms with Crippen molar-refractivity contribution in [1.29, 1.82) is 0 Å². The largest absolute Gasteiger partial charge is 0.214 e. The van der Waals surface area contributed by atoms with E-state index in [1.807, 2.05) is 58.3 Å². The van der Waals surface area contributed by atoms with Gasteiger partial charge in [-0.3, -0.25) is 0 Å². The van der Waals surface area contributed by atoms with Gasteiger partial charge in [-0.15, -0.1) is 39.7 Å². The molecule has 0 saturated heterocycles. The van der Waals surface area contributed by atoms with Crippen molar-refractivity contribution in [2.45, 2.75) is 52.4 Å². The van der Waals surface area contributed by atoms with Gasteiger partial charge >= 0.3 is 86.1 Å². The molecule has 250 valence electrons. The van der Waals surface area contributed by atoms with Crippen molar-refractivity contribution in [2.24, 2.45) is 0 Å². The van der Waals surface area contributed by atoms with E-state index in [9.17, 15) is 0 Å². The van der Waals surface area contributed by atoms with Gasteiger partial charge in [0.15, 0.2) is 0 Å². The molecule has 0 fully saturated rings. The maximum atomic E-state index is 5.73. The van der Waals surface area contributed by atoms with E-state index in [0.29, 0.717) is 0 Å². The zero-order chi connectivity index (χ0) is 35.2. The summed E-state index contributed by atoms with van der Waals surface area (Å²) in [6, 6.07) is 51.2. The zero-order valence-electron chi connectivity index (χ0n) is 29.1. The molecule has 0 saturated carbocycles. The Hall–Kier alpha value is -3.06. The predicted octanol–water partition coefficient (Wildman–Crippen LogP) is 14.5. The summed E-state index contributed by atoms with van der Waals surface area (Å²) in [6.07, 6.45) is 0. The molecule has 0 aliphatic carbocycles. The van der Waals surface area contributed by atoms with Crippen LogP contribution in [0.4, 0.5) is 0 Å². The molecule has 0 bridgehead atoms. The molecular weight excluding hydrogens is 738 g/mol. The first-order chi connectivity index (χ1) is 23.3. The van der Waals surface area contributed by atoms with Gasteiger partial charge in [-0.25, -0.2) is 12.1 Å². The minimum Gasteiger partial charge on any atom is -0.214 e. The minimum absolute atomic E-state index is 0.0554. The third kappa shape index (κ3) is 9.80. The predicted molar refractivity (Wildman–Crippen MR) is 216 cm³/mol. The van der Waals surface area contributed by atoms with E-state index in [2.05, 4.69) is 133 Å². The number of fused-ring (bicyclic) bond motifs is 3. The molecule has 0 aromatic heterocycles. The van der Waals surface area contributed by atoms with Crippen molar-refractivity contribution in [2.75, 3.05) is 0 Å². The Morgan fingerprint density at radius 3 is 1.33 bits per heavy atom. The standard InChI is InChI=1S/C33H33.C7H5Cl.C5H5.2ClH.Zr/c1-32(2,3)30-20-26-24(18-28(30)22-13-9-7-10-14-22)17-25-19-29(23-15-11-8-12-16-23)31(21-27(25)26)33(4,5)6;1-6-2-4-7(8)5-3-6;1-2-4-5-3-1;;;/h7-21H,1-6H3;1-5H;1-5H;2*1H;/q-1;;-1;;;+2/p-2. The van der Waals surface area contributed by atoms with Crippen LogP contribution in [0.1, 0.15) is 58.2 Å². The van der Waals surface area contributed by atoms with Crippen LogP contribution in [-0.4, -0.2) is 3.71 Å². The van der Waals surface area contributed by atoms with Crippen LogP contribution in [0.2, 0.25) is 5.02 Å². The number of halogens is 3. The summed E-state index contributed by atoms with van der Waals surface area (Å²) in [4.78, 5) is 0. The van der Waals surface area contributed by atoms with Crippen LogP contribution in [0.5, 0.6) is 0 Å². The molecule has 0 unspecified atom stereocenters. The molecule has 0 spiro atoms. The van der Waals surface area contributed by atoms with E-state index in [1.165, 1.54) is 54.9 Å². The van der Waals surface area contributed by atoms with Gasteiger partial charge in [0.2, 0.25) is 0 Å². The van der Waals surface area contributed by atoms with Crippen molar-refractivity contribution in [3.8, 4) is 22.3 Å². The Kier molecular flexibility index (Phi) is 12.4. The quantitative estimate of drug-likeness (QED) is 0.157. The molecule has 0 nitrogen and oxygen atoms in total. The molecule has 0 aliphatic rings. The summed E-state index contributed by atoms with van der Waals surface area (Å²) in [5.41, 5.74) is 9.23. The van der Waals surface area contributed by atoms with Crippen LogP contribution in [0.3, 0.4) is 0 Å². The Morgan fingerprint density at radius 2 is 0.980 bits per heavy atom. The summed E-state index contributed by atoms with van der Waals surface area (Å²) in [5.74, 6) is 0. The fraction of sp³-hybridized carbons (Fsp3) is 0.178. The minimum atomic E-state index is -2.13. The molecule has 7 rings (SSSR count). The van der Waals surface area contributed by atoms with E-state index >= 15 is 0 Å². The Labute approximate surface area is 312 Å². The smallest absolute Gasteiger partial charge is 0.172 e. The van der Waals surface area contributed by atoms with E-state index in [4.69, 9.17) is 28.6 Å². The maximum Gasteiger partial charge on any atom is -0.172 e. The van der Waals surface area contributed by atoms with Crippen molar-refractivity contribution in [3.05, 3.63) is 167 Å². The second-order valence-electron chi connectivity index (χ2n) is 14.3. The van der Waals surface area contributed by atoms with E-state index < -0.39 is 18.9 Å². The zero-order valence-corrected chi connectivity index (χ0v) is 33.8. The summed E-state index contributed by atoms with van der Waals surface area (Å²) in [5, 5.41) is 6.10. The van der Waals surface area contributed by atoms with Crippen molar-refractivity contribution in [3.63, 3.8) is 0 Å². The maximum absolute atomic E-state index is 5.73. The molecular formula is C45H43Cl3Zr-2. The number of hydrogen-bond acceptors (Lipinski definition) is 0. The average molecular weight is 781 g/mol. The summed E-state index contributed by atoms with van der Waals surface area (Å²) in [7, 11) is 11.5. The van der Waals surface area contributed by atoms with E-state index in [-0.39, 0.29) is 10.8 Å². The first kappa shape index (κ1) is 37.2. The fourth-order valence-corrected chi connectivity index (χ4v) is 8.77. The van der Waals surface area contributed by atoms with Crippen molar-refractivity contribution in [1.82, 2.24) is 0 Å². The summed E-state index contributed by atoms with van der Waals surface area (Å²) < 4.78 is 1.93. The van der Waals surface area contributed by atoms with Gasteiger partial charge in [-0.05, 0) is 44.2 Å². The third-order valence-electron chi connectivity index (χ3n) is 8.47. The van der Waals surface area contributed by atoms with Gasteiger partial charge in [0, 0.05) is 0 Å². The van der Waals surface area contributed by atoms with Gasteiger partial charge < -0.3 is 0 Å². The fourth-order valence-electron chi connectivity index (χ4n) is 6.07. The number of benzene rings is 5. The van der Waals surface area contributed by atoms with Crippen LogP contribution in [0.25, 0.3) is 43.8 Å². The Balaban J connectivity index is 0.000000240. The molecule has 0 aliphatic heterocycles. The van der Waals surface area contributed by atoms with Crippen LogP contribution in [0, 0.1) is 0 Å². The normalized spacial score (nSPS) is 11.4. The van der Waals surface area contributed by atoms with Gasteiger partial charge in [-0.2, -0.15) is 18.2 Å². The third-order valence-corrected chi connectivity index (χ3v) is 11.4. The van der Waals surface area contributed by atoms with Crippen LogP contribution in [0.15, 0.2) is 146 Å². The molecule has 49 heavy (non-hydrogen) atoms. The monoisotopic (exact) mass is 778 g/mol. The van der Waals surface area contributed by atoms with Crippen LogP contribution >= 0.6 is 28.6 Å². The molecule has 4 heteroatoms. The SMILES string of the molecule is CC(C)(C)c1cc2c(cc1-c1ccccc1)[cH-]c1cc(-c3ccccc3)c(C(C)(C)C)cc12.Clc1ccc([CH]=[Zr]([Cl])[Cl])cc1.c1cc[cH-]c1. The van der Waals surface area contributed by atoms with Gasteiger partial charge in [0.05, 0.1) is 0 Å².